The molecule has 1 amide bonds. The molecule has 80 valence electrons. The second-order valence-corrected chi connectivity index (χ2v) is 3.45. The Labute approximate surface area is 93.4 Å². The van der Waals surface area contributed by atoms with Gasteiger partial charge < -0.3 is 5.32 Å². The van der Waals surface area contributed by atoms with E-state index in [9.17, 15) is 4.79 Å². The molecule has 0 aliphatic heterocycles. The summed E-state index contributed by atoms with van der Waals surface area (Å²) >= 11 is 0. The molecule has 2 heterocycles. The number of hydrogen-bond donors (Lipinski definition) is 1. The molecule has 0 atom stereocenters. The molecule has 0 aromatic carbocycles. The summed E-state index contributed by atoms with van der Waals surface area (Å²) in [5.41, 5.74) is 2.18. The van der Waals surface area contributed by atoms with Gasteiger partial charge in [0.2, 0.25) is 0 Å². The molecule has 16 heavy (non-hydrogen) atoms. The second kappa shape index (κ2) is 4.53. The Bertz CT molecular complexity index is 497. The Kier molecular flexibility index (Phi) is 2.91. The Hall–Kier alpha value is -2.23. The fraction of sp³-hybridized carbons (Fsp3) is 0.0833. The number of nitrogens with one attached hydrogen (secondary N) is 1. The van der Waals surface area contributed by atoms with Gasteiger partial charge in [-0.05, 0) is 30.7 Å². The largest absolute Gasteiger partial charge is 0.321 e. The molecule has 4 heteroatoms. The average Bonchev–Trinajstić information content (AvgIpc) is 2.30. The lowest BCUT2D eigenvalue weighted by Crippen LogP contribution is -2.12. The summed E-state index contributed by atoms with van der Waals surface area (Å²) in [6.07, 6.45) is 6.50. The van der Waals surface area contributed by atoms with Crippen molar-refractivity contribution in [1.29, 1.82) is 0 Å². The van der Waals surface area contributed by atoms with Gasteiger partial charge in [0.15, 0.2) is 0 Å². The predicted molar refractivity (Wildman–Crippen MR) is 61.2 cm³/mol. The summed E-state index contributed by atoms with van der Waals surface area (Å²) in [6.45, 7) is 1.90. The van der Waals surface area contributed by atoms with E-state index in [-0.39, 0.29) is 5.91 Å². The lowest BCUT2D eigenvalue weighted by atomic mass is 10.2. The first-order valence-corrected chi connectivity index (χ1v) is 4.89. The van der Waals surface area contributed by atoms with Crippen LogP contribution < -0.4 is 5.32 Å². The highest BCUT2D eigenvalue weighted by Crippen LogP contribution is 2.07. The quantitative estimate of drug-likeness (QED) is 0.830. The van der Waals surface area contributed by atoms with Gasteiger partial charge in [-0.25, -0.2) is 0 Å². The van der Waals surface area contributed by atoms with Gasteiger partial charge in [0.05, 0.1) is 17.4 Å². The number of carbonyl (C=O) groups is 1. The third-order valence-corrected chi connectivity index (χ3v) is 2.06. The van der Waals surface area contributed by atoms with Gasteiger partial charge in [-0.2, -0.15) is 0 Å². The van der Waals surface area contributed by atoms with Crippen LogP contribution in [0.15, 0.2) is 43.0 Å². The number of rotatable bonds is 2. The topological polar surface area (TPSA) is 54.9 Å². The van der Waals surface area contributed by atoms with Crippen molar-refractivity contribution in [2.75, 3.05) is 5.32 Å². The van der Waals surface area contributed by atoms with Crippen molar-refractivity contribution in [2.45, 2.75) is 6.92 Å². The molecule has 0 saturated carbocycles. The van der Waals surface area contributed by atoms with Crippen molar-refractivity contribution in [3.05, 3.63) is 54.1 Å². The number of anilines is 1. The van der Waals surface area contributed by atoms with Crippen molar-refractivity contribution in [2.24, 2.45) is 0 Å². The zero-order valence-electron chi connectivity index (χ0n) is 8.84. The van der Waals surface area contributed by atoms with Crippen LogP contribution in [0.3, 0.4) is 0 Å². The Morgan fingerprint density at radius 3 is 2.81 bits per heavy atom. The van der Waals surface area contributed by atoms with E-state index in [2.05, 4.69) is 15.3 Å². The minimum Gasteiger partial charge on any atom is -0.321 e. The number of carbonyl (C=O) groups excluding carboxylic acids is 1. The molecule has 0 bridgehead atoms. The summed E-state index contributed by atoms with van der Waals surface area (Å²) in [7, 11) is 0. The molecule has 0 radical (unpaired) electrons. The van der Waals surface area contributed by atoms with Crippen LogP contribution in [-0.4, -0.2) is 15.9 Å². The molecule has 1 N–H and O–H groups in total. The van der Waals surface area contributed by atoms with Crippen molar-refractivity contribution in [3.63, 3.8) is 0 Å². The number of nitrogens with zero attached hydrogens (tertiary/aromatic N) is 2. The average molecular weight is 213 g/mol. The SMILES string of the molecule is Cc1cncc(C(=O)Nc2cccnc2)c1. The fourth-order valence-corrected chi connectivity index (χ4v) is 1.32. The van der Waals surface area contributed by atoms with Gasteiger partial charge >= 0.3 is 0 Å². The molecule has 2 aromatic heterocycles. The van der Waals surface area contributed by atoms with Crippen LogP contribution in [0.25, 0.3) is 0 Å². The normalized spacial score (nSPS) is 9.81. The van der Waals surface area contributed by atoms with Crippen molar-refractivity contribution < 1.29 is 4.79 Å². The maximum atomic E-state index is 11.8. The van der Waals surface area contributed by atoms with Crippen LogP contribution in [0.1, 0.15) is 15.9 Å². The van der Waals surface area contributed by atoms with Crippen molar-refractivity contribution in [3.8, 4) is 0 Å². The van der Waals surface area contributed by atoms with E-state index in [4.69, 9.17) is 0 Å². The molecule has 0 spiro atoms. The van der Waals surface area contributed by atoms with Gasteiger partial charge in [-0.15, -0.1) is 0 Å². The van der Waals surface area contributed by atoms with E-state index in [1.165, 1.54) is 0 Å². The van der Waals surface area contributed by atoms with Crippen LogP contribution in [0.4, 0.5) is 5.69 Å². The highest BCUT2D eigenvalue weighted by molar-refractivity contribution is 6.04. The smallest absolute Gasteiger partial charge is 0.257 e. The lowest BCUT2D eigenvalue weighted by molar-refractivity contribution is 0.102. The highest BCUT2D eigenvalue weighted by Gasteiger charge is 2.05. The molecular weight excluding hydrogens is 202 g/mol. The summed E-state index contributed by atoms with van der Waals surface area (Å²) in [5, 5.41) is 2.74. The van der Waals surface area contributed by atoms with E-state index in [1.54, 1.807) is 43.0 Å². The van der Waals surface area contributed by atoms with Crippen LogP contribution in [0.2, 0.25) is 0 Å². The van der Waals surface area contributed by atoms with Gasteiger partial charge in [0.25, 0.3) is 5.91 Å². The summed E-state index contributed by atoms with van der Waals surface area (Å²) < 4.78 is 0. The maximum absolute atomic E-state index is 11.8. The monoisotopic (exact) mass is 213 g/mol. The molecular formula is C12H11N3O. The molecule has 0 aliphatic carbocycles. The van der Waals surface area contributed by atoms with E-state index in [0.717, 1.165) is 5.56 Å². The van der Waals surface area contributed by atoms with E-state index < -0.39 is 0 Å². The molecule has 2 rings (SSSR count). The van der Waals surface area contributed by atoms with Gasteiger partial charge in [-0.3, -0.25) is 14.8 Å². The Morgan fingerprint density at radius 2 is 2.12 bits per heavy atom. The zero-order chi connectivity index (χ0) is 11.4. The first-order valence-electron chi connectivity index (χ1n) is 4.89. The molecule has 0 aliphatic rings. The van der Waals surface area contributed by atoms with E-state index in [0.29, 0.717) is 11.3 Å². The van der Waals surface area contributed by atoms with Crippen LogP contribution in [0, 0.1) is 6.92 Å². The van der Waals surface area contributed by atoms with Gasteiger partial charge in [0, 0.05) is 18.6 Å². The van der Waals surface area contributed by atoms with E-state index >= 15 is 0 Å². The van der Waals surface area contributed by atoms with Crippen molar-refractivity contribution in [1.82, 2.24) is 9.97 Å². The van der Waals surface area contributed by atoms with E-state index in [1.807, 2.05) is 6.92 Å². The molecule has 0 saturated heterocycles. The van der Waals surface area contributed by atoms with Crippen LogP contribution in [-0.2, 0) is 0 Å². The Morgan fingerprint density at radius 1 is 1.25 bits per heavy atom. The van der Waals surface area contributed by atoms with Crippen LogP contribution >= 0.6 is 0 Å². The minimum atomic E-state index is -0.177. The van der Waals surface area contributed by atoms with Crippen molar-refractivity contribution >= 4 is 11.6 Å². The standard InChI is InChI=1S/C12H11N3O/c1-9-5-10(7-14-6-9)12(16)15-11-3-2-4-13-8-11/h2-8H,1H3,(H,15,16). The lowest BCUT2D eigenvalue weighted by Gasteiger charge is -2.04. The zero-order valence-corrected chi connectivity index (χ0v) is 8.84. The fourth-order valence-electron chi connectivity index (χ4n) is 1.32. The molecule has 0 fully saturated rings. The summed E-state index contributed by atoms with van der Waals surface area (Å²) in [4.78, 5) is 19.7. The molecule has 2 aromatic rings. The molecule has 4 nitrogen and oxygen atoms in total. The first-order chi connectivity index (χ1) is 7.75. The first kappa shape index (κ1) is 10.3. The van der Waals surface area contributed by atoms with Crippen LogP contribution in [0.5, 0.6) is 0 Å². The maximum Gasteiger partial charge on any atom is 0.257 e. The second-order valence-electron chi connectivity index (χ2n) is 3.45. The highest BCUT2D eigenvalue weighted by atomic mass is 16.1. The number of hydrogen-bond acceptors (Lipinski definition) is 3. The predicted octanol–water partition coefficient (Wildman–Crippen LogP) is 2.04. The van der Waals surface area contributed by atoms with Gasteiger partial charge in [-0.1, -0.05) is 0 Å². The molecule has 0 unspecified atom stereocenters. The number of pyridine rings is 2. The van der Waals surface area contributed by atoms with Gasteiger partial charge in [0.1, 0.15) is 0 Å². The number of aryl methyl sites for hydroxylation is 1. The summed E-state index contributed by atoms with van der Waals surface area (Å²) in [6, 6.07) is 5.34. The number of aromatic nitrogens is 2. The summed E-state index contributed by atoms with van der Waals surface area (Å²) in [5.74, 6) is -0.177. The third kappa shape index (κ3) is 2.42. The third-order valence-electron chi connectivity index (χ3n) is 2.06. The minimum absolute atomic E-state index is 0.177. The number of amides is 1. The Balaban J connectivity index is 2.15.